The van der Waals surface area contributed by atoms with Crippen molar-refractivity contribution in [1.82, 2.24) is 0 Å². The van der Waals surface area contributed by atoms with Gasteiger partial charge in [-0.05, 0) is 24.3 Å². The number of thiophene rings is 1. The first-order valence-electron chi connectivity index (χ1n) is 5.76. The fraction of sp³-hybridized carbons (Fsp3) is 0.143. The Labute approximate surface area is 115 Å². The average molecular weight is 274 g/mol. The van der Waals surface area contributed by atoms with Gasteiger partial charge in [0, 0.05) is 25.0 Å². The summed E-state index contributed by atoms with van der Waals surface area (Å²) >= 11 is 1.53. The molecular formula is C14H14N2O2S. The molecule has 0 amide bonds. The molecule has 98 valence electrons. The summed E-state index contributed by atoms with van der Waals surface area (Å²) in [6, 6.07) is 12.8. The lowest BCUT2D eigenvalue weighted by Gasteiger charge is -2.06. The molecule has 19 heavy (non-hydrogen) atoms. The van der Waals surface area contributed by atoms with Gasteiger partial charge in [-0.25, -0.2) is 0 Å². The molecule has 0 aliphatic carbocycles. The molecule has 0 N–H and O–H groups in total. The molecule has 1 aromatic heterocycles. The van der Waals surface area contributed by atoms with Gasteiger partial charge in [0.15, 0.2) is 0 Å². The van der Waals surface area contributed by atoms with Crippen LogP contribution in [0.4, 0.5) is 5.00 Å². The number of rotatable bonds is 4. The van der Waals surface area contributed by atoms with E-state index in [1.165, 1.54) is 11.3 Å². The van der Waals surface area contributed by atoms with Crippen LogP contribution in [0.1, 0.15) is 10.4 Å². The molecule has 1 aromatic carbocycles. The summed E-state index contributed by atoms with van der Waals surface area (Å²) in [5, 5.41) is 12.2. The smallest absolute Gasteiger partial charge is 0.277 e. The van der Waals surface area contributed by atoms with Crippen LogP contribution in [0.5, 0.6) is 0 Å². The topological polar surface area (TPSA) is 46.4 Å². The molecule has 2 rings (SSSR count). The summed E-state index contributed by atoms with van der Waals surface area (Å²) in [7, 11) is 3.90. The van der Waals surface area contributed by atoms with E-state index in [0.717, 1.165) is 9.88 Å². The zero-order valence-corrected chi connectivity index (χ0v) is 11.6. The lowest BCUT2D eigenvalue weighted by atomic mass is 10.1. The van der Waals surface area contributed by atoms with Crippen molar-refractivity contribution >= 4 is 28.1 Å². The van der Waals surface area contributed by atoms with Crippen molar-refractivity contribution < 1.29 is 4.92 Å². The van der Waals surface area contributed by atoms with Crippen LogP contribution in [0.2, 0.25) is 0 Å². The first-order valence-corrected chi connectivity index (χ1v) is 6.58. The third-order valence-corrected chi connectivity index (χ3v) is 3.80. The molecule has 0 saturated heterocycles. The second kappa shape index (κ2) is 5.67. The third-order valence-electron chi connectivity index (χ3n) is 2.60. The normalized spacial score (nSPS) is 11.4. The van der Waals surface area contributed by atoms with Crippen LogP contribution < -0.4 is 4.90 Å². The van der Waals surface area contributed by atoms with E-state index in [9.17, 15) is 10.1 Å². The second-order valence-electron chi connectivity index (χ2n) is 4.22. The first kappa shape index (κ1) is 13.3. The van der Waals surface area contributed by atoms with E-state index in [0.29, 0.717) is 5.56 Å². The van der Waals surface area contributed by atoms with E-state index in [1.807, 2.05) is 37.2 Å². The Bertz CT molecular complexity index is 603. The Hall–Kier alpha value is -2.14. The molecule has 0 atom stereocenters. The Morgan fingerprint density at radius 3 is 2.42 bits per heavy atom. The summed E-state index contributed by atoms with van der Waals surface area (Å²) in [4.78, 5) is 13.7. The van der Waals surface area contributed by atoms with Crippen LogP contribution in [-0.4, -0.2) is 19.0 Å². The van der Waals surface area contributed by atoms with Crippen LogP contribution in [-0.2, 0) is 0 Å². The minimum atomic E-state index is -0.343. The van der Waals surface area contributed by atoms with Gasteiger partial charge in [0.1, 0.15) is 0 Å². The van der Waals surface area contributed by atoms with E-state index in [4.69, 9.17) is 0 Å². The SMILES string of the molecule is CN(C)c1ccc(C=C(c2ccccc2)[N+](=O)[O-])s1. The minimum Gasteiger partial charge on any atom is -0.370 e. The third kappa shape index (κ3) is 3.20. The summed E-state index contributed by atoms with van der Waals surface area (Å²) in [5.41, 5.74) is 0.736. The number of hydrogen-bond donors (Lipinski definition) is 0. The predicted octanol–water partition coefficient (Wildman–Crippen LogP) is 3.59. The van der Waals surface area contributed by atoms with Crippen molar-refractivity contribution in [3.63, 3.8) is 0 Å². The highest BCUT2D eigenvalue weighted by atomic mass is 32.1. The van der Waals surface area contributed by atoms with Crippen molar-refractivity contribution in [2.45, 2.75) is 0 Å². The molecular weight excluding hydrogens is 260 g/mol. The highest BCUT2D eigenvalue weighted by molar-refractivity contribution is 7.17. The molecule has 0 radical (unpaired) electrons. The van der Waals surface area contributed by atoms with Crippen LogP contribution in [0.3, 0.4) is 0 Å². The van der Waals surface area contributed by atoms with Gasteiger partial charge in [-0.2, -0.15) is 0 Å². The molecule has 0 bridgehead atoms. The molecule has 0 saturated carbocycles. The Kier molecular flexibility index (Phi) is 3.97. The molecule has 0 aliphatic rings. The Morgan fingerprint density at radius 2 is 1.89 bits per heavy atom. The van der Waals surface area contributed by atoms with Crippen molar-refractivity contribution in [2.75, 3.05) is 19.0 Å². The molecule has 0 fully saturated rings. The van der Waals surface area contributed by atoms with Crippen molar-refractivity contribution in [1.29, 1.82) is 0 Å². The zero-order valence-electron chi connectivity index (χ0n) is 10.7. The summed E-state index contributed by atoms with van der Waals surface area (Å²) in [6.07, 6.45) is 1.62. The maximum absolute atomic E-state index is 11.2. The van der Waals surface area contributed by atoms with Crippen molar-refractivity contribution in [2.24, 2.45) is 0 Å². The van der Waals surface area contributed by atoms with E-state index >= 15 is 0 Å². The molecule has 4 nitrogen and oxygen atoms in total. The Morgan fingerprint density at radius 1 is 1.21 bits per heavy atom. The van der Waals surface area contributed by atoms with Gasteiger partial charge in [0.2, 0.25) is 0 Å². The van der Waals surface area contributed by atoms with Crippen LogP contribution in [0, 0.1) is 10.1 Å². The van der Waals surface area contributed by atoms with E-state index in [1.54, 1.807) is 30.3 Å². The van der Waals surface area contributed by atoms with E-state index < -0.39 is 0 Å². The van der Waals surface area contributed by atoms with Crippen molar-refractivity contribution in [3.05, 3.63) is 63.0 Å². The molecule has 5 heteroatoms. The number of benzene rings is 1. The van der Waals surface area contributed by atoms with E-state index in [-0.39, 0.29) is 10.6 Å². The average Bonchev–Trinajstić information content (AvgIpc) is 2.85. The standard InChI is InChI=1S/C14H14N2O2S/c1-15(2)14-9-8-12(19-14)10-13(16(17)18)11-6-4-3-5-7-11/h3-10H,1-2H3. The fourth-order valence-electron chi connectivity index (χ4n) is 1.65. The van der Waals surface area contributed by atoms with Crippen LogP contribution >= 0.6 is 11.3 Å². The number of nitro groups is 1. The van der Waals surface area contributed by atoms with Gasteiger partial charge in [-0.1, -0.05) is 18.2 Å². The van der Waals surface area contributed by atoms with Crippen LogP contribution in [0.25, 0.3) is 11.8 Å². The second-order valence-corrected chi connectivity index (χ2v) is 5.32. The van der Waals surface area contributed by atoms with E-state index in [2.05, 4.69) is 0 Å². The lowest BCUT2D eigenvalue weighted by molar-refractivity contribution is -0.374. The highest BCUT2D eigenvalue weighted by Gasteiger charge is 2.14. The van der Waals surface area contributed by atoms with Gasteiger partial charge >= 0.3 is 0 Å². The highest BCUT2D eigenvalue weighted by Crippen LogP contribution is 2.28. The summed E-state index contributed by atoms with van der Waals surface area (Å²) < 4.78 is 0. The minimum absolute atomic E-state index is 0.118. The largest absolute Gasteiger partial charge is 0.370 e. The van der Waals surface area contributed by atoms with Gasteiger partial charge < -0.3 is 4.90 Å². The van der Waals surface area contributed by atoms with Gasteiger partial charge in [0.25, 0.3) is 5.70 Å². The molecule has 2 aromatic rings. The maximum Gasteiger partial charge on any atom is 0.277 e. The van der Waals surface area contributed by atoms with Gasteiger partial charge in [-0.15, -0.1) is 11.3 Å². The summed E-state index contributed by atoms with van der Waals surface area (Å²) in [5.74, 6) is 0. The summed E-state index contributed by atoms with van der Waals surface area (Å²) in [6.45, 7) is 0. The monoisotopic (exact) mass is 274 g/mol. The number of nitrogens with zero attached hydrogens (tertiary/aromatic N) is 2. The molecule has 0 unspecified atom stereocenters. The lowest BCUT2D eigenvalue weighted by Crippen LogP contribution is -2.05. The quantitative estimate of drug-likeness (QED) is 0.632. The van der Waals surface area contributed by atoms with Gasteiger partial charge in [-0.3, -0.25) is 10.1 Å². The molecule has 0 aliphatic heterocycles. The Balaban J connectivity index is 2.39. The maximum atomic E-state index is 11.2. The zero-order chi connectivity index (χ0) is 13.8. The molecule has 0 spiro atoms. The molecule has 1 heterocycles. The predicted molar refractivity (Wildman–Crippen MR) is 80.0 cm³/mol. The number of hydrogen-bond acceptors (Lipinski definition) is 4. The van der Waals surface area contributed by atoms with Crippen LogP contribution in [0.15, 0.2) is 42.5 Å². The number of anilines is 1. The van der Waals surface area contributed by atoms with Gasteiger partial charge in [0.05, 0.1) is 15.5 Å². The fourth-order valence-corrected chi connectivity index (χ4v) is 2.51. The first-order chi connectivity index (χ1) is 9.08. The van der Waals surface area contributed by atoms with Crippen molar-refractivity contribution in [3.8, 4) is 0 Å².